The lowest BCUT2D eigenvalue weighted by Crippen LogP contribution is -2.40. The molecule has 3 N–H and O–H groups in total. The van der Waals surface area contributed by atoms with Gasteiger partial charge in [0.15, 0.2) is 5.78 Å². The van der Waals surface area contributed by atoms with E-state index < -0.39 is 0 Å². The van der Waals surface area contributed by atoms with Crippen molar-refractivity contribution in [2.75, 3.05) is 26.7 Å². The molecule has 1 aromatic carbocycles. The van der Waals surface area contributed by atoms with Crippen molar-refractivity contribution in [3.05, 3.63) is 30.0 Å². The number of rotatable bonds is 5. The number of aromatic nitrogens is 1. The van der Waals surface area contributed by atoms with Crippen LogP contribution in [0.25, 0.3) is 10.9 Å². The summed E-state index contributed by atoms with van der Waals surface area (Å²) >= 11 is 0. The van der Waals surface area contributed by atoms with E-state index in [-0.39, 0.29) is 17.6 Å². The molecule has 1 amide bonds. The van der Waals surface area contributed by atoms with Crippen molar-refractivity contribution >= 4 is 22.6 Å². The summed E-state index contributed by atoms with van der Waals surface area (Å²) in [6, 6.07) is 5.63. The van der Waals surface area contributed by atoms with Crippen molar-refractivity contribution in [1.82, 2.24) is 9.88 Å². The Morgan fingerprint density at radius 1 is 1.35 bits per heavy atom. The Kier molecular flexibility index (Phi) is 4.34. The van der Waals surface area contributed by atoms with Crippen LogP contribution in [0.2, 0.25) is 0 Å². The Balaban J connectivity index is 1.68. The van der Waals surface area contributed by atoms with Crippen LogP contribution in [-0.2, 0) is 4.79 Å². The first kappa shape index (κ1) is 15.6. The number of fused-ring (bicyclic) bond motifs is 1. The quantitative estimate of drug-likeness (QED) is 0.820. The number of nitrogens with one attached hydrogen (secondary N) is 1. The number of ketones is 1. The van der Waals surface area contributed by atoms with Crippen molar-refractivity contribution in [2.24, 2.45) is 11.7 Å². The summed E-state index contributed by atoms with van der Waals surface area (Å²) in [6.45, 7) is 1.83. The zero-order valence-corrected chi connectivity index (χ0v) is 13.2. The third kappa shape index (κ3) is 3.22. The van der Waals surface area contributed by atoms with E-state index in [1.54, 1.807) is 13.3 Å². The fourth-order valence-electron chi connectivity index (χ4n) is 3.13. The lowest BCUT2D eigenvalue weighted by atomic mass is 9.96. The van der Waals surface area contributed by atoms with E-state index in [0.717, 1.165) is 42.6 Å². The summed E-state index contributed by atoms with van der Waals surface area (Å²) in [4.78, 5) is 29.0. The van der Waals surface area contributed by atoms with Gasteiger partial charge in [-0.3, -0.25) is 14.5 Å². The summed E-state index contributed by atoms with van der Waals surface area (Å²) in [5.74, 6) is 0.550. The zero-order valence-electron chi connectivity index (χ0n) is 13.2. The van der Waals surface area contributed by atoms with E-state index in [1.807, 2.05) is 18.2 Å². The van der Waals surface area contributed by atoms with Gasteiger partial charge in [0.05, 0.1) is 13.7 Å². The molecule has 6 heteroatoms. The first-order valence-electron chi connectivity index (χ1n) is 7.78. The molecule has 0 spiro atoms. The molecule has 23 heavy (non-hydrogen) atoms. The monoisotopic (exact) mass is 315 g/mol. The van der Waals surface area contributed by atoms with E-state index in [1.165, 1.54) is 0 Å². The van der Waals surface area contributed by atoms with Gasteiger partial charge >= 0.3 is 0 Å². The standard InChI is InChI=1S/C17H21N3O3/c1-23-12-2-3-13-14(9-19-15(13)8-12)16(21)10-20-6-4-11(5-7-20)17(18)22/h2-3,8-9,11,19H,4-7,10H2,1H3,(H2,18,22). The Hall–Kier alpha value is -2.34. The molecule has 1 aliphatic heterocycles. The number of nitrogens with zero attached hydrogens (tertiary/aromatic N) is 1. The van der Waals surface area contributed by atoms with E-state index in [0.29, 0.717) is 12.1 Å². The van der Waals surface area contributed by atoms with Crippen LogP contribution in [0.1, 0.15) is 23.2 Å². The second-order valence-electron chi connectivity index (χ2n) is 5.99. The average molecular weight is 315 g/mol. The molecule has 2 aromatic rings. The van der Waals surface area contributed by atoms with E-state index in [9.17, 15) is 9.59 Å². The number of hydrogen-bond donors (Lipinski definition) is 2. The van der Waals surface area contributed by atoms with Gasteiger partial charge in [-0.1, -0.05) is 0 Å². The highest BCUT2D eigenvalue weighted by Gasteiger charge is 2.25. The molecular formula is C17H21N3O3. The largest absolute Gasteiger partial charge is 0.497 e. The van der Waals surface area contributed by atoms with Crippen LogP contribution >= 0.6 is 0 Å². The first-order chi connectivity index (χ1) is 11.1. The Bertz CT molecular complexity index is 730. The van der Waals surface area contributed by atoms with Gasteiger partial charge in [-0.15, -0.1) is 0 Å². The van der Waals surface area contributed by atoms with Gasteiger partial charge < -0.3 is 15.5 Å². The number of ether oxygens (including phenoxy) is 1. The zero-order chi connectivity index (χ0) is 16.4. The van der Waals surface area contributed by atoms with Crippen molar-refractivity contribution in [3.8, 4) is 5.75 Å². The summed E-state index contributed by atoms with van der Waals surface area (Å²) < 4.78 is 5.19. The van der Waals surface area contributed by atoms with Crippen molar-refractivity contribution < 1.29 is 14.3 Å². The number of piperidine rings is 1. The molecule has 1 saturated heterocycles. The number of hydrogen-bond acceptors (Lipinski definition) is 4. The molecule has 0 saturated carbocycles. The van der Waals surface area contributed by atoms with Crippen LogP contribution in [0, 0.1) is 5.92 Å². The van der Waals surface area contributed by atoms with Gasteiger partial charge in [0.1, 0.15) is 5.75 Å². The van der Waals surface area contributed by atoms with Gasteiger partial charge in [-0.25, -0.2) is 0 Å². The van der Waals surface area contributed by atoms with Crippen LogP contribution in [0.3, 0.4) is 0 Å². The predicted molar refractivity (Wildman–Crippen MR) is 87.5 cm³/mol. The molecule has 3 rings (SSSR count). The minimum absolute atomic E-state index is 0.0538. The van der Waals surface area contributed by atoms with Crippen molar-refractivity contribution in [1.29, 1.82) is 0 Å². The molecule has 1 aromatic heterocycles. The van der Waals surface area contributed by atoms with Crippen LogP contribution in [0.5, 0.6) is 5.75 Å². The highest BCUT2D eigenvalue weighted by atomic mass is 16.5. The van der Waals surface area contributed by atoms with Crippen LogP contribution in [0.15, 0.2) is 24.4 Å². The summed E-state index contributed by atoms with van der Waals surface area (Å²) in [5.41, 5.74) is 6.92. The molecule has 0 aliphatic carbocycles. The van der Waals surface area contributed by atoms with Gasteiger partial charge in [0.2, 0.25) is 5.91 Å². The number of benzene rings is 1. The lowest BCUT2D eigenvalue weighted by Gasteiger charge is -2.29. The maximum Gasteiger partial charge on any atom is 0.220 e. The molecule has 0 unspecified atom stereocenters. The summed E-state index contributed by atoms with van der Waals surface area (Å²) in [7, 11) is 1.62. The smallest absolute Gasteiger partial charge is 0.220 e. The highest BCUT2D eigenvalue weighted by molar-refractivity contribution is 6.09. The molecule has 6 nitrogen and oxygen atoms in total. The van der Waals surface area contributed by atoms with Gasteiger partial charge in [0, 0.05) is 34.6 Å². The summed E-state index contributed by atoms with van der Waals surface area (Å²) in [6.07, 6.45) is 3.21. The molecular weight excluding hydrogens is 294 g/mol. The van der Waals surface area contributed by atoms with Crippen LogP contribution in [0.4, 0.5) is 0 Å². The third-order valence-electron chi connectivity index (χ3n) is 4.55. The second-order valence-corrected chi connectivity index (χ2v) is 5.99. The van der Waals surface area contributed by atoms with Crippen LogP contribution < -0.4 is 10.5 Å². The number of Topliss-reactive ketones (excluding diaryl/α,β-unsaturated/α-hetero) is 1. The number of primary amides is 1. The molecule has 2 heterocycles. The average Bonchev–Trinajstić information content (AvgIpc) is 2.98. The summed E-state index contributed by atoms with van der Waals surface area (Å²) in [5, 5.41) is 0.905. The molecule has 122 valence electrons. The Labute approximate surface area is 134 Å². The van der Waals surface area contributed by atoms with Crippen molar-refractivity contribution in [2.45, 2.75) is 12.8 Å². The number of carbonyl (C=O) groups is 2. The van der Waals surface area contributed by atoms with Gasteiger partial charge in [-0.2, -0.15) is 0 Å². The first-order valence-corrected chi connectivity index (χ1v) is 7.78. The normalized spacial score (nSPS) is 16.6. The molecule has 0 bridgehead atoms. The second kappa shape index (κ2) is 6.42. The van der Waals surface area contributed by atoms with E-state index in [2.05, 4.69) is 9.88 Å². The molecule has 0 radical (unpaired) electrons. The number of H-pyrrole nitrogens is 1. The third-order valence-corrected chi connectivity index (χ3v) is 4.55. The van der Waals surface area contributed by atoms with E-state index in [4.69, 9.17) is 10.5 Å². The number of nitrogens with two attached hydrogens (primary N) is 1. The van der Waals surface area contributed by atoms with E-state index >= 15 is 0 Å². The Morgan fingerprint density at radius 2 is 2.09 bits per heavy atom. The maximum absolute atomic E-state index is 12.6. The Morgan fingerprint density at radius 3 is 2.74 bits per heavy atom. The lowest BCUT2D eigenvalue weighted by molar-refractivity contribution is -0.123. The number of likely N-dealkylation sites (tertiary alicyclic amines) is 1. The topological polar surface area (TPSA) is 88.4 Å². The maximum atomic E-state index is 12.6. The highest BCUT2D eigenvalue weighted by Crippen LogP contribution is 2.24. The fraction of sp³-hybridized carbons (Fsp3) is 0.412. The molecule has 0 atom stereocenters. The molecule has 1 aliphatic rings. The molecule has 1 fully saturated rings. The van der Waals surface area contributed by atoms with Crippen LogP contribution in [-0.4, -0.2) is 48.3 Å². The van der Waals surface area contributed by atoms with Gasteiger partial charge in [-0.05, 0) is 38.1 Å². The fourth-order valence-corrected chi connectivity index (χ4v) is 3.13. The number of aromatic amines is 1. The minimum atomic E-state index is -0.235. The van der Waals surface area contributed by atoms with Gasteiger partial charge in [0.25, 0.3) is 0 Å². The SMILES string of the molecule is COc1ccc2c(C(=O)CN3CCC(C(N)=O)CC3)c[nH]c2c1. The van der Waals surface area contributed by atoms with Crippen molar-refractivity contribution in [3.63, 3.8) is 0 Å². The number of amides is 1. The minimum Gasteiger partial charge on any atom is -0.497 e. The number of carbonyl (C=O) groups excluding carboxylic acids is 2. The number of methoxy groups -OCH3 is 1. The predicted octanol–water partition coefficient (Wildman–Crippen LogP) is 1.56.